The van der Waals surface area contributed by atoms with Gasteiger partial charge in [-0.15, -0.1) is 0 Å². The van der Waals surface area contributed by atoms with Crippen molar-refractivity contribution in [2.24, 2.45) is 5.90 Å². The molecule has 6 nitrogen and oxygen atoms in total. The van der Waals surface area contributed by atoms with Crippen molar-refractivity contribution >= 4 is 28.5 Å². The summed E-state index contributed by atoms with van der Waals surface area (Å²) >= 11 is 0. The lowest BCUT2D eigenvalue weighted by Gasteiger charge is -2.15. The molecule has 0 bridgehead atoms. The standard InChI is InChI=1S/C12H11N3O3/c13-18-11(17)4-7-5-15-6-10(16)14-9-3-1-2-8(7)12(9)15/h1-3,5H,4,6,13H2,(H,14,16). The van der Waals surface area contributed by atoms with Crippen LogP contribution in [0, 0.1) is 0 Å². The molecule has 1 aromatic carbocycles. The number of rotatable bonds is 2. The Morgan fingerprint density at radius 1 is 1.50 bits per heavy atom. The molecule has 3 N–H and O–H groups in total. The predicted octanol–water partition coefficient (Wildman–Crippen LogP) is 0.553. The second-order valence-corrected chi connectivity index (χ2v) is 4.20. The summed E-state index contributed by atoms with van der Waals surface area (Å²) in [7, 11) is 0. The van der Waals surface area contributed by atoms with Gasteiger partial charge in [0.1, 0.15) is 6.54 Å². The molecule has 2 heterocycles. The van der Waals surface area contributed by atoms with Gasteiger partial charge in [0.25, 0.3) is 0 Å². The van der Waals surface area contributed by atoms with Gasteiger partial charge in [-0.05, 0) is 11.6 Å². The van der Waals surface area contributed by atoms with Crippen LogP contribution in [-0.4, -0.2) is 16.4 Å². The highest BCUT2D eigenvalue weighted by atomic mass is 16.7. The summed E-state index contributed by atoms with van der Waals surface area (Å²) in [4.78, 5) is 26.9. The minimum Gasteiger partial charge on any atom is -0.373 e. The van der Waals surface area contributed by atoms with E-state index in [1.54, 1.807) is 6.20 Å². The molecule has 0 radical (unpaired) electrons. The minimum absolute atomic E-state index is 0.0708. The molecule has 1 aliphatic heterocycles. The number of para-hydroxylation sites is 1. The van der Waals surface area contributed by atoms with Gasteiger partial charge < -0.3 is 14.7 Å². The predicted molar refractivity (Wildman–Crippen MR) is 64.6 cm³/mol. The van der Waals surface area contributed by atoms with E-state index in [1.165, 1.54) is 0 Å². The molecule has 0 fully saturated rings. The normalized spacial score (nSPS) is 13.5. The fourth-order valence-corrected chi connectivity index (χ4v) is 2.34. The number of hydrogen-bond acceptors (Lipinski definition) is 4. The number of carbonyl (C=O) groups is 2. The molecule has 0 atom stereocenters. The van der Waals surface area contributed by atoms with E-state index in [1.807, 2.05) is 22.8 Å². The first-order valence-electron chi connectivity index (χ1n) is 5.49. The van der Waals surface area contributed by atoms with Crippen molar-refractivity contribution in [1.82, 2.24) is 4.57 Å². The molecule has 18 heavy (non-hydrogen) atoms. The van der Waals surface area contributed by atoms with Crippen molar-refractivity contribution in [3.8, 4) is 0 Å². The van der Waals surface area contributed by atoms with Crippen molar-refractivity contribution < 1.29 is 14.4 Å². The van der Waals surface area contributed by atoms with Crippen LogP contribution in [0.25, 0.3) is 10.9 Å². The monoisotopic (exact) mass is 245 g/mol. The lowest BCUT2D eigenvalue weighted by molar-refractivity contribution is -0.143. The average molecular weight is 245 g/mol. The van der Waals surface area contributed by atoms with Gasteiger partial charge in [0.2, 0.25) is 5.91 Å². The summed E-state index contributed by atoms with van der Waals surface area (Å²) in [6.07, 6.45) is 1.89. The summed E-state index contributed by atoms with van der Waals surface area (Å²) in [6.45, 7) is 0.255. The fourth-order valence-electron chi connectivity index (χ4n) is 2.34. The van der Waals surface area contributed by atoms with Crippen LogP contribution in [-0.2, 0) is 27.4 Å². The third-order valence-corrected chi connectivity index (χ3v) is 3.04. The number of nitrogens with two attached hydrogens (primary N) is 1. The molecule has 0 saturated carbocycles. The number of amides is 1. The highest BCUT2D eigenvalue weighted by Crippen LogP contribution is 2.31. The quantitative estimate of drug-likeness (QED) is 0.756. The van der Waals surface area contributed by atoms with E-state index >= 15 is 0 Å². The van der Waals surface area contributed by atoms with E-state index < -0.39 is 5.97 Å². The smallest absolute Gasteiger partial charge is 0.328 e. The van der Waals surface area contributed by atoms with Gasteiger partial charge in [0.05, 0.1) is 17.6 Å². The van der Waals surface area contributed by atoms with Crippen LogP contribution in [0.4, 0.5) is 5.69 Å². The Morgan fingerprint density at radius 2 is 2.33 bits per heavy atom. The fraction of sp³-hybridized carbons (Fsp3) is 0.167. The Kier molecular flexibility index (Phi) is 2.31. The first-order valence-corrected chi connectivity index (χ1v) is 5.49. The van der Waals surface area contributed by atoms with E-state index in [2.05, 4.69) is 10.2 Å². The molecule has 1 aromatic heterocycles. The molecule has 0 saturated heterocycles. The van der Waals surface area contributed by atoms with Crippen LogP contribution in [0.3, 0.4) is 0 Å². The first-order chi connectivity index (χ1) is 8.69. The molecule has 1 aliphatic rings. The topological polar surface area (TPSA) is 86.3 Å². The van der Waals surface area contributed by atoms with Crippen molar-refractivity contribution in [2.75, 3.05) is 5.32 Å². The van der Waals surface area contributed by atoms with Crippen LogP contribution in [0.15, 0.2) is 24.4 Å². The molecule has 0 unspecified atom stereocenters. The maximum atomic E-state index is 11.5. The molecular formula is C12H11N3O3. The Morgan fingerprint density at radius 3 is 3.11 bits per heavy atom. The summed E-state index contributed by atoms with van der Waals surface area (Å²) in [5.74, 6) is 4.27. The third kappa shape index (κ3) is 1.54. The Bertz CT molecular complexity index is 660. The summed E-state index contributed by atoms with van der Waals surface area (Å²) in [6, 6.07) is 5.58. The highest BCUT2D eigenvalue weighted by Gasteiger charge is 2.20. The van der Waals surface area contributed by atoms with Crippen molar-refractivity contribution in [1.29, 1.82) is 0 Å². The second-order valence-electron chi connectivity index (χ2n) is 4.20. The van der Waals surface area contributed by atoms with E-state index in [0.717, 1.165) is 22.2 Å². The van der Waals surface area contributed by atoms with Gasteiger partial charge in [-0.3, -0.25) is 9.59 Å². The van der Waals surface area contributed by atoms with Crippen LogP contribution >= 0.6 is 0 Å². The van der Waals surface area contributed by atoms with Crippen LogP contribution in [0.2, 0.25) is 0 Å². The zero-order valence-corrected chi connectivity index (χ0v) is 9.47. The molecule has 1 amide bonds. The summed E-state index contributed by atoms with van der Waals surface area (Å²) in [5.41, 5.74) is 2.49. The van der Waals surface area contributed by atoms with Gasteiger partial charge in [0.15, 0.2) is 0 Å². The average Bonchev–Trinajstić information content (AvgIpc) is 2.69. The zero-order valence-electron chi connectivity index (χ0n) is 9.47. The highest BCUT2D eigenvalue weighted by molar-refractivity contribution is 6.05. The van der Waals surface area contributed by atoms with Crippen LogP contribution < -0.4 is 11.2 Å². The molecule has 0 spiro atoms. The number of nitrogens with one attached hydrogen (secondary N) is 1. The van der Waals surface area contributed by atoms with Crippen molar-refractivity contribution in [2.45, 2.75) is 13.0 Å². The zero-order chi connectivity index (χ0) is 12.7. The molecule has 92 valence electrons. The Hall–Kier alpha value is -2.34. The van der Waals surface area contributed by atoms with E-state index in [4.69, 9.17) is 5.90 Å². The molecular weight excluding hydrogens is 234 g/mol. The number of nitrogens with zero attached hydrogens (tertiary/aromatic N) is 1. The summed E-state index contributed by atoms with van der Waals surface area (Å²) < 4.78 is 1.84. The van der Waals surface area contributed by atoms with Crippen LogP contribution in [0.1, 0.15) is 5.56 Å². The first kappa shape index (κ1) is 10.8. The Labute approximate surface area is 102 Å². The molecule has 3 rings (SSSR count). The second kappa shape index (κ2) is 3.85. The molecule has 2 aromatic rings. The number of carbonyl (C=O) groups excluding carboxylic acids is 2. The van der Waals surface area contributed by atoms with Crippen LogP contribution in [0.5, 0.6) is 0 Å². The lowest BCUT2D eigenvalue weighted by Crippen LogP contribution is -2.23. The van der Waals surface area contributed by atoms with Gasteiger partial charge in [-0.2, -0.15) is 5.90 Å². The van der Waals surface area contributed by atoms with E-state index in [9.17, 15) is 9.59 Å². The maximum absolute atomic E-state index is 11.5. The van der Waals surface area contributed by atoms with Crippen molar-refractivity contribution in [3.05, 3.63) is 30.0 Å². The maximum Gasteiger partial charge on any atom is 0.328 e. The minimum atomic E-state index is -0.502. The van der Waals surface area contributed by atoms with Crippen molar-refractivity contribution in [3.63, 3.8) is 0 Å². The molecule has 0 aliphatic carbocycles. The van der Waals surface area contributed by atoms with E-state index in [0.29, 0.717) is 0 Å². The molecule has 6 heteroatoms. The lowest BCUT2D eigenvalue weighted by atomic mass is 10.1. The Balaban J connectivity index is 2.16. The van der Waals surface area contributed by atoms with Gasteiger partial charge >= 0.3 is 5.97 Å². The van der Waals surface area contributed by atoms with Gasteiger partial charge in [-0.25, -0.2) is 0 Å². The van der Waals surface area contributed by atoms with E-state index in [-0.39, 0.29) is 18.9 Å². The largest absolute Gasteiger partial charge is 0.373 e. The third-order valence-electron chi connectivity index (χ3n) is 3.04. The number of anilines is 1. The SMILES string of the molecule is NOC(=O)Cc1cn2c3c(cccc13)NC(=O)C2. The number of benzene rings is 1. The number of aromatic nitrogens is 1. The van der Waals surface area contributed by atoms with Gasteiger partial charge in [0, 0.05) is 11.6 Å². The van der Waals surface area contributed by atoms with Gasteiger partial charge in [-0.1, -0.05) is 12.1 Å². The summed E-state index contributed by atoms with van der Waals surface area (Å²) in [5, 5.41) is 3.73. The number of hydrogen-bond donors (Lipinski definition) is 2.